The first kappa shape index (κ1) is 17.7. The second kappa shape index (κ2) is 7.43. The van der Waals surface area contributed by atoms with Gasteiger partial charge in [0.05, 0.1) is 6.26 Å². The molecule has 1 fully saturated rings. The summed E-state index contributed by atoms with van der Waals surface area (Å²) in [6.45, 7) is 2.23. The second-order valence-electron chi connectivity index (χ2n) is 6.31. The number of carbonyl (C=O) groups is 3. The van der Waals surface area contributed by atoms with Crippen molar-refractivity contribution in [1.29, 1.82) is 0 Å². The largest absolute Gasteiger partial charge is 0.480 e. The predicted molar refractivity (Wildman–Crippen MR) is 94.2 cm³/mol. The summed E-state index contributed by atoms with van der Waals surface area (Å²) in [7, 11) is 0. The number of benzene rings is 1. The Morgan fingerprint density at radius 3 is 2.73 bits per heavy atom. The van der Waals surface area contributed by atoms with Gasteiger partial charge >= 0.3 is 5.97 Å². The van der Waals surface area contributed by atoms with Gasteiger partial charge in [-0.25, -0.2) is 4.79 Å². The third-order valence-electron chi connectivity index (χ3n) is 4.53. The Morgan fingerprint density at radius 1 is 1.23 bits per heavy atom. The zero-order valence-corrected chi connectivity index (χ0v) is 14.4. The number of nitrogens with zero attached hydrogens (tertiary/aromatic N) is 1. The van der Waals surface area contributed by atoms with Gasteiger partial charge in [0.15, 0.2) is 5.76 Å². The van der Waals surface area contributed by atoms with E-state index in [1.54, 1.807) is 30.3 Å². The highest BCUT2D eigenvalue weighted by atomic mass is 16.4. The Morgan fingerprint density at radius 2 is 2.04 bits per heavy atom. The lowest BCUT2D eigenvalue weighted by molar-refractivity contribution is -0.143. The third kappa shape index (κ3) is 3.61. The number of aryl methyl sites for hydroxylation is 1. The van der Waals surface area contributed by atoms with Gasteiger partial charge in [-0.1, -0.05) is 6.07 Å². The molecule has 1 aromatic heterocycles. The van der Waals surface area contributed by atoms with Crippen LogP contribution in [0.2, 0.25) is 0 Å². The SMILES string of the molecule is Cc1ccc(C(=O)N2CCCC[C@@H]2C(=O)O)cc1NC(=O)c1ccco1. The van der Waals surface area contributed by atoms with Gasteiger partial charge in [0.25, 0.3) is 11.8 Å². The van der Waals surface area contributed by atoms with E-state index in [4.69, 9.17) is 4.42 Å². The highest BCUT2D eigenvalue weighted by Crippen LogP contribution is 2.23. The van der Waals surface area contributed by atoms with Crippen LogP contribution in [0.15, 0.2) is 41.0 Å². The number of rotatable bonds is 4. The molecule has 2 heterocycles. The van der Waals surface area contributed by atoms with Crippen LogP contribution in [0, 0.1) is 6.92 Å². The number of carbonyl (C=O) groups excluding carboxylic acids is 2. The molecule has 1 aromatic carbocycles. The van der Waals surface area contributed by atoms with Crippen molar-refractivity contribution in [2.24, 2.45) is 0 Å². The molecule has 0 radical (unpaired) electrons. The number of furan rings is 1. The summed E-state index contributed by atoms with van der Waals surface area (Å²) >= 11 is 0. The Labute approximate surface area is 150 Å². The number of anilines is 1. The molecule has 2 N–H and O–H groups in total. The summed E-state index contributed by atoms with van der Waals surface area (Å²) in [4.78, 5) is 37.8. The van der Waals surface area contributed by atoms with Crippen molar-refractivity contribution in [2.45, 2.75) is 32.2 Å². The number of nitrogens with one attached hydrogen (secondary N) is 1. The van der Waals surface area contributed by atoms with Crippen molar-refractivity contribution >= 4 is 23.5 Å². The third-order valence-corrected chi connectivity index (χ3v) is 4.53. The Kier molecular flexibility index (Phi) is 5.06. The van der Waals surface area contributed by atoms with Gasteiger partial charge in [0.1, 0.15) is 6.04 Å². The lowest BCUT2D eigenvalue weighted by Gasteiger charge is -2.33. The van der Waals surface area contributed by atoms with E-state index in [0.717, 1.165) is 18.4 Å². The summed E-state index contributed by atoms with van der Waals surface area (Å²) < 4.78 is 5.07. The molecule has 0 saturated carbocycles. The van der Waals surface area contributed by atoms with Crippen LogP contribution < -0.4 is 5.32 Å². The van der Waals surface area contributed by atoms with Crippen molar-refractivity contribution in [3.8, 4) is 0 Å². The van der Waals surface area contributed by atoms with Crippen LogP contribution in [0.1, 0.15) is 45.7 Å². The first-order valence-corrected chi connectivity index (χ1v) is 8.46. The van der Waals surface area contributed by atoms with Gasteiger partial charge in [-0.2, -0.15) is 0 Å². The quantitative estimate of drug-likeness (QED) is 0.877. The number of aliphatic carboxylic acids is 1. The summed E-state index contributed by atoms with van der Waals surface area (Å²) in [6.07, 6.45) is 3.43. The zero-order chi connectivity index (χ0) is 18.7. The van der Waals surface area contributed by atoms with Gasteiger partial charge in [-0.15, -0.1) is 0 Å². The molecule has 1 aliphatic rings. The van der Waals surface area contributed by atoms with Crippen molar-refractivity contribution < 1.29 is 23.9 Å². The molecule has 3 rings (SSSR count). The van der Waals surface area contributed by atoms with Crippen LogP contribution in [0.5, 0.6) is 0 Å². The van der Waals surface area contributed by atoms with Crippen molar-refractivity contribution in [3.05, 3.63) is 53.5 Å². The topological polar surface area (TPSA) is 99.9 Å². The van der Waals surface area contributed by atoms with Gasteiger partial charge in [-0.05, 0) is 56.0 Å². The molecule has 0 aliphatic carbocycles. The highest BCUT2D eigenvalue weighted by Gasteiger charge is 2.32. The summed E-state index contributed by atoms with van der Waals surface area (Å²) in [6, 6.07) is 7.30. The number of hydrogen-bond donors (Lipinski definition) is 2. The monoisotopic (exact) mass is 356 g/mol. The maximum absolute atomic E-state index is 12.8. The van der Waals surface area contributed by atoms with E-state index < -0.39 is 17.9 Å². The standard InChI is InChI=1S/C19H20N2O5/c1-12-7-8-13(11-14(12)20-17(22)16-6-4-10-26-16)18(23)21-9-3-2-5-15(21)19(24)25/h4,6-8,10-11,15H,2-3,5,9H2,1H3,(H,20,22)(H,24,25)/t15-/m1/s1. The van der Waals surface area contributed by atoms with Crippen LogP contribution in [-0.2, 0) is 4.79 Å². The summed E-state index contributed by atoms with van der Waals surface area (Å²) in [5.41, 5.74) is 1.62. The van der Waals surface area contributed by atoms with E-state index in [1.807, 2.05) is 6.92 Å². The van der Waals surface area contributed by atoms with Gasteiger partial charge in [0, 0.05) is 17.8 Å². The van der Waals surface area contributed by atoms with Crippen molar-refractivity contribution in [2.75, 3.05) is 11.9 Å². The Bertz CT molecular complexity index is 828. The fraction of sp³-hybridized carbons (Fsp3) is 0.316. The average molecular weight is 356 g/mol. The predicted octanol–water partition coefficient (Wildman–Crippen LogP) is 2.92. The fourth-order valence-corrected chi connectivity index (χ4v) is 3.08. The van der Waals surface area contributed by atoms with Gasteiger partial charge in [0.2, 0.25) is 0 Å². The van der Waals surface area contributed by atoms with E-state index in [1.165, 1.54) is 11.2 Å². The first-order valence-electron chi connectivity index (χ1n) is 8.46. The fourth-order valence-electron chi connectivity index (χ4n) is 3.08. The molecule has 0 spiro atoms. The number of carboxylic acids is 1. The second-order valence-corrected chi connectivity index (χ2v) is 6.31. The van der Waals surface area contributed by atoms with Crippen LogP contribution in [-0.4, -0.2) is 40.4 Å². The Hall–Kier alpha value is -3.09. The molecular formula is C19H20N2O5. The van der Waals surface area contributed by atoms with Crippen LogP contribution in [0.25, 0.3) is 0 Å². The average Bonchev–Trinajstić information content (AvgIpc) is 3.17. The number of hydrogen-bond acceptors (Lipinski definition) is 4. The minimum atomic E-state index is -0.989. The molecule has 1 atom stereocenters. The molecule has 1 aliphatic heterocycles. The summed E-state index contributed by atoms with van der Waals surface area (Å²) in [5, 5.41) is 12.1. The minimum absolute atomic E-state index is 0.170. The normalized spacial score (nSPS) is 17.0. The molecular weight excluding hydrogens is 336 g/mol. The first-order chi connectivity index (χ1) is 12.5. The molecule has 136 valence electrons. The number of carboxylic acid groups (broad SMARTS) is 1. The van der Waals surface area contributed by atoms with E-state index >= 15 is 0 Å². The molecule has 0 bridgehead atoms. The highest BCUT2D eigenvalue weighted by molar-refractivity contribution is 6.04. The maximum Gasteiger partial charge on any atom is 0.326 e. The van der Waals surface area contributed by atoms with Crippen molar-refractivity contribution in [1.82, 2.24) is 4.90 Å². The van der Waals surface area contributed by atoms with Gasteiger partial charge in [-0.3, -0.25) is 9.59 Å². The maximum atomic E-state index is 12.8. The molecule has 2 amide bonds. The van der Waals surface area contributed by atoms with Gasteiger partial charge < -0.3 is 19.7 Å². The van der Waals surface area contributed by atoms with Crippen molar-refractivity contribution in [3.63, 3.8) is 0 Å². The van der Waals surface area contributed by atoms with Crippen LogP contribution >= 0.6 is 0 Å². The smallest absolute Gasteiger partial charge is 0.326 e. The van der Waals surface area contributed by atoms with Crippen LogP contribution in [0.3, 0.4) is 0 Å². The van der Waals surface area contributed by atoms with Crippen LogP contribution in [0.4, 0.5) is 5.69 Å². The molecule has 7 nitrogen and oxygen atoms in total. The molecule has 26 heavy (non-hydrogen) atoms. The van der Waals surface area contributed by atoms with E-state index in [0.29, 0.717) is 24.2 Å². The van der Waals surface area contributed by atoms with E-state index in [2.05, 4.69) is 5.32 Å². The van der Waals surface area contributed by atoms with E-state index in [-0.39, 0.29) is 11.7 Å². The lowest BCUT2D eigenvalue weighted by Crippen LogP contribution is -2.48. The number of amides is 2. The zero-order valence-electron chi connectivity index (χ0n) is 14.4. The Balaban J connectivity index is 1.83. The molecule has 7 heteroatoms. The molecule has 1 saturated heterocycles. The minimum Gasteiger partial charge on any atom is -0.480 e. The summed E-state index contributed by atoms with van der Waals surface area (Å²) in [5.74, 6) is -1.57. The molecule has 0 unspecified atom stereocenters. The lowest BCUT2D eigenvalue weighted by atomic mass is 10.00. The number of piperidine rings is 1. The molecule has 2 aromatic rings. The number of likely N-dealkylation sites (tertiary alicyclic amines) is 1. The van der Waals surface area contributed by atoms with E-state index in [9.17, 15) is 19.5 Å².